The van der Waals surface area contributed by atoms with E-state index in [1.165, 1.54) is 44.9 Å². The molecule has 2 heteroatoms. The molecule has 21 heavy (non-hydrogen) atoms. The topological polar surface area (TPSA) is 26.0 Å². The maximum absolute atomic E-state index is 13.3. The Hall–Kier alpha value is -1.05. The molecule has 0 spiro atoms. The van der Waals surface area contributed by atoms with Gasteiger partial charge < -0.3 is 5.73 Å². The first kappa shape index (κ1) is 18.0. The predicted octanol–water partition coefficient (Wildman–Crippen LogP) is 6.12. The smallest absolute Gasteiger partial charge is 0.146 e. The van der Waals surface area contributed by atoms with Gasteiger partial charge in [-0.3, -0.25) is 0 Å². The zero-order valence-corrected chi connectivity index (χ0v) is 14.1. The fourth-order valence-electron chi connectivity index (χ4n) is 2.59. The number of nitrogen functional groups attached to an aromatic ring is 1. The van der Waals surface area contributed by atoms with Crippen molar-refractivity contribution in [2.75, 3.05) is 5.73 Å². The zero-order chi connectivity index (χ0) is 15.7. The second kappa shape index (κ2) is 9.07. The van der Waals surface area contributed by atoms with Crippen LogP contribution in [0.4, 0.5) is 10.1 Å². The van der Waals surface area contributed by atoms with Gasteiger partial charge in [-0.15, -0.1) is 0 Å². The molecule has 2 N–H and O–H groups in total. The number of halogens is 1. The van der Waals surface area contributed by atoms with Crippen molar-refractivity contribution < 1.29 is 4.39 Å². The fraction of sp³-hybridized carbons (Fsp3) is 0.684. The Morgan fingerprint density at radius 1 is 0.905 bits per heavy atom. The van der Waals surface area contributed by atoms with E-state index >= 15 is 0 Å². The van der Waals surface area contributed by atoms with E-state index in [9.17, 15) is 4.39 Å². The lowest BCUT2D eigenvalue weighted by atomic mass is 9.89. The van der Waals surface area contributed by atoms with Gasteiger partial charge in [0, 0.05) is 0 Å². The number of nitrogens with two attached hydrogens (primary N) is 1. The number of benzene rings is 1. The highest BCUT2D eigenvalue weighted by atomic mass is 19.1. The van der Waals surface area contributed by atoms with Gasteiger partial charge in [0.15, 0.2) is 0 Å². The average molecular weight is 293 g/mol. The number of rotatable bonds is 9. The Bertz CT molecular complexity index is 407. The van der Waals surface area contributed by atoms with Crippen molar-refractivity contribution in [3.05, 3.63) is 29.6 Å². The van der Waals surface area contributed by atoms with E-state index in [2.05, 4.69) is 20.8 Å². The molecule has 0 saturated carbocycles. The zero-order valence-electron chi connectivity index (χ0n) is 14.1. The minimum atomic E-state index is -0.286. The van der Waals surface area contributed by atoms with Crippen LogP contribution in [-0.2, 0) is 6.42 Å². The van der Waals surface area contributed by atoms with Crippen molar-refractivity contribution in [3.63, 3.8) is 0 Å². The summed E-state index contributed by atoms with van der Waals surface area (Å²) >= 11 is 0. The molecule has 0 aliphatic heterocycles. The van der Waals surface area contributed by atoms with Gasteiger partial charge in [-0.05, 0) is 42.4 Å². The van der Waals surface area contributed by atoms with Crippen molar-refractivity contribution in [1.82, 2.24) is 0 Å². The van der Waals surface area contributed by atoms with Gasteiger partial charge in [0.05, 0.1) is 5.69 Å². The van der Waals surface area contributed by atoms with Crippen molar-refractivity contribution in [1.29, 1.82) is 0 Å². The van der Waals surface area contributed by atoms with Gasteiger partial charge in [-0.25, -0.2) is 4.39 Å². The van der Waals surface area contributed by atoms with Crippen LogP contribution in [0.1, 0.15) is 77.7 Å². The second-order valence-corrected chi connectivity index (χ2v) is 7.39. The third kappa shape index (κ3) is 8.75. The van der Waals surface area contributed by atoms with E-state index in [1.807, 2.05) is 6.07 Å². The SMILES string of the molecule is CC(C)(C)CCCCCCCCCc1ccc(N)c(F)c1. The van der Waals surface area contributed by atoms with Gasteiger partial charge in [0.25, 0.3) is 0 Å². The van der Waals surface area contributed by atoms with Crippen LogP contribution in [0, 0.1) is 11.2 Å². The van der Waals surface area contributed by atoms with E-state index in [-0.39, 0.29) is 11.5 Å². The first-order valence-corrected chi connectivity index (χ1v) is 8.42. The van der Waals surface area contributed by atoms with Crippen molar-refractivity contribution in [2.45, 2.75) is 78.6 Å². The number of anilines is 1. The number of hydrogen-bond donors (Lipinski definition) is 1. The van der Waals surface area contributed by atoms with Gasteiger partial charge in [-0.1, -0.05) is 65.4 Å². The Morgan fingerprint density at radius 2 is 1.48 bits per heavy atom. The Kier molecular flexibility index (Phi) is 7.77. The summed E-state index contributed by atoms with van der Waals surface area (Å²) in [6.07, 6.45) is 11.4. The average Bonchev–Trinajstić information content (AvgIpc) is 2.39. The molecular weight excluding hydrogens is 261 g/mol. The third-order valence-electron chi connectivity index (χ3n) is 3.96. The van der Waals surface area contributed by atoms with Crippen molar-refractivity contribution in [3.8, 4) is 0 Å². The molecule has 0 radical (unpaired) electrons. The quantitative estimate of drug-likeness (QED) is 0.431. The van der Waals surface area contributed by atoms with Gasteiger partial charge in [-0.2, -0.15) is 0 Å². The largest absolute Gasteiger partial charge is 0.396 e. The molecular formula is C19H32FN. The molecule has 1 rings (SSSR count). The molecule has 0 fully saturated rings. The lowest BCUT2D eigenvalue weighted by Crippen LogP contribution is -2.03. The summed E-state index contributed by atoms with van der Waals surface area (Å²) in [7, 11) is 0. The molecule has 0 heterocycles. The Balaban J connectivity index is 1.98. The van der Waals surface area contributed by atoms with Crippen LogP contribution in [0.5, 0.6) is 0 Å². The molecule has 120 valence electrons. The van der Waals surface area contributed by atoms with Gasteiger partial charge in [0.2, 0.25) is 0 Å². The maximum atomic E-state index is 13.3. The number of aryl methyl sites for hydroxylation is 1. The van der Waals surface area contributed by atoms with Crippen molar-refractivity contribution in [2.24, 2.45) is 5.41 Å². The molecule has 0 saturated heterocycles. The van der Waals surface area contributed by atoms with E-state index < -0.39 is 0 Å². The molecule has 0 aromatic heterocycles. The molecule has 1 aromatic rings. The Labute approximate surface area is 130 Å². The highest BCUT2D eigenvalue weighted by molar-refractivity contribution is 5.41. The van der Waals surface area contributed by atoms with E-state index in [4.69, 9.17) is 5.73 Å². The van der Waals surface area contributed by atoms with Crippen LogP contribution in [0.25, 0.3) is 0 Å². The monoisotopic (exact) mass is 293 g/mol. The summed E-state index contributed by atoms with van der Waals surface area (Å²) in [5, 5.41) is 0. The summed E-state index contributed by atoms with van der Waals surface area (Å²) in [6, 6.07) is 5.17. The molecule has 1 nitrogen and oxygen atoms in total. The Morgan fingerprint density at radius 3 is 2.05 bits per heavy atom. The highest BCUT2D eigenvalue weighted by Gasteiger charge is 2.08. The molecule has 0 aliphatic carbocycles. The predicted molar refractivity (Wildman–Crippen MR) is 90.9 cm³/mol. The maximum Gasteiger partial charge on any atom is 0.146 e. The minimum absolute atomic E-state index is 0.244. The molecule has 0 bridgehead atoms. The normalized spacial score (nSPS) is 11.8. The summed E-state index contributed by atoms with van der Waals surface area (Å²) < 4.78 is 13.3. The highest BCUT2D eigenvalue weighted by Crippen LogP contribution is 2.22. The van der Waals surface area contributed by atoms with Crippen molar-refractivity contribution >= 4 is 5.69 Å². The lowest BCUT2D eigenvalue weighted by molar-refractivity contribution is 0.356. The fourth-order valence-corrected chi connectivity index (χ4v) is 2.59. The molecule has 0 aliphatic rings. The first-order valence-electron chi connectivity index (χ1n) is 8.42. The van der Waals surface area contributed by atoms with Gasteiger partial charge in [0.1, 0.15) is 5.82 Å². The number of hydrogen-bond acceptors (Lipinski definition) is 1. The molecule has 0 unspecified atom stereocenters. The van der Waals surface area contributed by atoms with Gasteiger partial charge >= 0.3 is 0 Å². The third-order valence-corrected chi connectivity index (χ3v) is 3.96. The van der Waals surface area contributed by atoms with Crippen LogP contribution >= 0.6 is 0 Å². The van der Waals surface area contributed by atoms with E-state index in [0.717, 1.165) is 18.4 Å². The van der Waals surface area contributed by atoms with Crippen LogP contribution < -0.4 is 5.73 Å². The molecule has 1 aromatic carbocycles. The lowest BCUT2D eigenvalue weighted by Gasteiger charge is -2.17. The summed E-state index contributed by atoms with van der Waals surface area (Å²) in [4.78, 5) is 0. The standard InChI is InChI=1S/C19H32FN/c1-19(2,3)14-10-8-6-4-5-7-9-11-16-12-13-18(21)17(20)15-16/h12-13,15H,4-11,14,21H2,1-3H3. The van der Waals surface area contributed by atoms with Crippen LogP contribution in [-0.4, -0.2) is 0 Å². The van der Waals surface area contributed by atoms with E-state index in [0.29, 0.717) is 5.41 Å². The summed E-state index contributed by atoms with van der Waals surface area (Å²) in [5.74, 6) is -0.286. The minimum Gasteiger partial charge on any atom is -0.396 e. The van der Waals surface area contributed by atoms with Crippen LogP contribution in [0.15, 0.2) is 18.2 Å². The van der Waals surface area contributed by atoms with E-state index in [1.54, 1.807) is 12.1 Å². The van der Waals surface area contributed by atoms with Crippen LogP contribution in [0.3, 0.4) is 0 Å². The molecule has 0 amide bonds. The number of unbranched alkanes of at least 4 members (excludes halogenated alkanes) is 6. The first-order chi connectivity index (χ1) is 9.88. The molecule has 0 atom stereocenters. The van der Waals surface area contributed by atoms with Crippen LogP contribution in [0.2, 0.25) is 0 Å². The summed E-state index contributed by atoms with van der Waals surface area (Å²) in [6.45, 7) is 6.94. The summed E-state index contributed by atoms with van der Waals surface area (Å²) in [5.41, 5.74) is 7.26. The second-order valence-electron chi connectivity index (χ2n) is 7.39.